The van der Waals surface area contributed by atoms with E-state index in [1.165, 1.54) is 0 Å². The van der Waals surface area contributed by atoms with E-state index in [2.05, 4.69) is 18.7 Å². The van der Waals surface area contributed by atoms with Gasteiger partial charge in [0.15, 0.2) is 0 Å². The normalized spacial score (nSPS) is 10.9. The number of aromatic carboxylic acids is 1. The molecule has 0 aliphatic carbocycles. The summed E-state index contributed by atoms with van der Waals surface area (Å²) in [5, 5.41) is 10.1. The maximum atomic E-state index is 12.1. The van der Waals surface area contributed by atoms with Gasteiger partial charge in [-0.1, -0.05) is 13.3 Å². The molecule has 0 saturated heterocycles. The largest absolute Gasteiger partial charge is 0.477 e. The van der Waals surface area contributed by atoms with E-state index in [1.54, 1.807) is 0 Å². The fraction of sp³-hybridized carbons (Fsp3) is 0.444. The maximum Gasteiger partial charge on any atom is 0.351 e. The monoisotopic (exact) mass is 317 g/mol. The summed E-state index contributed by atoms with van der Waals surface area (Å²) in [6.45, 7) is 7.85. The van der Waals surface area contributed by atoms with Crippen LogP contribution in [0.4, 0.5) is 5.69 Å². The fourth-order valence-corrected chi connectivity index (χ4v) is 2.87. The van der Waals surface area contributed by atoms with Gasteiger partial charge in [-0.25, -0.2) is 9.59 Å². The average molecular weight is 317 g/mol. The summed E-state index contributed by atoms with van der Waals surface area (Å²) >= 11 is 0. The van der Waals surface area contributed by atoms with E-state index in [0.717, 1.165) is 31.6 Å². The van der Waals surface area contributed by atoms with Gasteiger partial charge in [0.05, 0.1) is 0 Å². The molecule has 124 valence electrons. The summed E-state index contributed by atoms with van der Waals surface area (Å²) in [5.41, 5.74) is 0.997. The molecule has 2 aromatic rings. The minimum absolute atomic E-state index is 0.235. The Kier molecular flexibility index (Phi) is 5.42. The van der Waals surface area contributed by atoms with Crippen LogP contribution in [0.15, 0.2) is 27.4 Å². The van der Waals surface area contributed by atoms with Gasteiger partial charge in [0.1, 0.15) is 11.1 Å². The number of aryl methyl sites for hydroxylation is 1. The molecule has 0 bridgehead atoms. The molecule has 0 saturated carbocycles. The van der Waals surface area contributed by atoms with Crippen molar-refractivity contribution in [3.8, 4) is 0 Å². The molecule has 0 aliphatic heterocycles. The first kappa shape index (κ1) is 17.1. The number of unbranched alkanes of at least 4 members (excludes halogenated alkanes) is 1. The Balaban J connectivity index is 2.68. The molecule has 23 heavy (non-hydrogen) atoms. The van der Waals surface area contributed by atoms with Gasteiger partial charge in [-0.15, -0.1) is 0 Å². The molecule has 0 spiro atoms. The number of rotatable bonds is 7. The summed E-state index contributed by atoms with van der Waals surface area (Å²) in [7, 11) is 0. The predicted octanol–water partition coefficient (Wildman–Crippen LogP) is 3.68. The minimum Gasteiger partial charge on any atom is -0.477 e. The van der Waals surface area contributed by atoms with Crippen molar-refractivity contribution in [1.29, 1.82) is 0 Å². The van der Waals surface area contributed by atoms with Crippen LogP contribution < -0.4 is 10.5 Å². The molecule has 1 N–H and O–H groups in total. The zero-order valence-electron chi connectivity index (χ0n) is 13.9. The second kappa shape index (κ2) is 7.31. The number of carboxylic acid groups (broad SMARTS) is 1. The Bertz CT molecular complexity index is 759. The number of hydrogen-bond acceptors (Lipinski definition) is 4. The van der Waals surface area contributed by atoms with Gasteiger partial charge in [0.2, 0.25) is 0 Å². The molecule has 0 aliphatic rings. The van der Waals surface area contributed by atoms with Crippen LogP contribution in [0.1, 0.15) is 49.5 Å². The first-order valence-electron chi connectivity index (χ1n) is 8.11. The van der Waals surface area contributed by atoms with Gasteiger partial charge in [-0.3, -0.25) is 0 Å². The number of carbonyl (C=O) groups is 1. The molecule has 0 amide bonds. The van der Waals surface area contributed by atoms with Crippen LogP contribution in [0.5, 0.6) is 0 Å². The van der Waals surface area contributed by atoms with Crippen LogP contribution in [0.3, 0.4) is 0 Å². The molecule has 2 rings (SSSR count). The molecule has 0 fully saturated rings. The van der Waals surface area contributed by atoms with Crippen molar-refractivity contribution in [2.45, 2.75) is 40.0 Å². The van der Waals surface area contributed by atoms with Crippen molar-refractivity contribution in [3.05, 3.63) is 39.7 Å². The minimum atomic E-state index is -1.22. The Labute approximate surface area is 135 Å². The second-order valence-electron chi connectivity index (χ2n) is 5.50. The smallest absolute Gasteiger partial charge is 0.351 e. The third-order valence-corrected chi connectivity index (χ3v) is 4.12. The zero-order valence-corrected chi connectivity index (χ0v) is 13.9. The number of fused-ring (bicyclic) bond motifs is 1. The number of hydrogen-bond donors (Lipinski definition) is 1. The van der Waals surface area contributed by atoms with Crippen LogP contribution in [-0.2, 0) is 6.42 Å². The number of anilines is 1. The van der Waals surface area contributed by atoms with Crippen molar-refractivity contribution in [3.63, 3.8) is 0 Å². The number of carboxylic acids is 1. The van der Waals surface area contributed by atoms with E-state index in [-0.39, 0.29) is 5.56 Å². The Morgan fingerprint density at radius 1 is 1.22 bits per heavy atom. The third kappa shape index (κ3) is 3.38. The van der Waals surface area contributed by atoms with Crippen LogP contribution in [0, 0.1) is 0 Å². The van der Waals surface area contributed by atoms with Crippen molar-refractivity contribution >= 4 is 22.6 Å². The molecule has 0 atom stereocenters. The number of nitrogens with zero attached hydrogens (tertiary/aromatic N) is 1. The van der Waals surface area contributed by atoms with Crippen molar-refractivity contribution in [1.82, 2.24) is 0 Å². The van der Waals surface area contributed by atoms with Gasteiger partial charge in [0.25, 0.3) is 0 Å². The first-order valence-corrected chi connectivity index (χ1v) is 8.11. The third-order valence-electron chi connectivity index (χ3n) is 4.12. The summed E-state index contributed by atoms with van der Waals surface area (Å²) in [6, 6.07) is 5.64. The molecule has 1 aromatic carbocycles. The van der Waals surface area contributed by atoms with E-state index >= 15 is 0 Å². The summed E-state index contributed by atoms with van der Waals surface area (Å²) in [6.07, 6.45) is 2.32. The summed E-state index contributed by atoms with van der Waals surface area (Å²) in [4.78, 5) is 25.7. The fourth-order valence-electron chi connectivity index (χ4n) is 2.87. The van der Waals surface area contributed by atoms with Gasteiger partial charge in [-0.05, 0) is 44.4 Å². The Hall–Kier alpha value is -2.30. The van der Waals surface area contributed by atoms with Crippen LogP contribution in [-0.4, -0.2) is 24.2 Å². The predicted molar refractivity (Wildman–Crippen MR) is 91.6 cm³/mol. The molecule has 0 radical (unpaired) electrons. The highest BCUT2D eigenvalue weighted by atomic mass is 16.4. The number of benzene rings is 1. The van der Waals surface area contributed by atoms with E-state index in [1.807, 2.05) is 25.1 Å². The average Bonchev–Trinajstić information content (AvgIpc) is 2.52. The molecule has 5 heteroatoms. The van der Waals surface area contributed by atoms with Crippen LogP contribution in [0.25, 0.3) is 11.0 Å². The van der Waals surface area contributed by atoms with Gasteiger partial charge < -0.3 is 14.4 Å². The van der Waals surface area contributed by atoms with E-state index in [9.17, 15) is 14.7 Å². The lowest BCUT2D eigenvalue weighted by atomic mass is 9.99. The van der Waals surface area contributed by atoms with E-state index in [4.69, 9.17) is 4.42 Å². The lowest BCUT2D eigenvalue weighted by Crippen LogP contribution is -2.22. The standard InChI is InChI=1S/C18H23NO4/c1-4-7-8-14-13-10-9-12(19(5-2)6-3)11-15(13)23-18(22)16(14)17(20)21/h9-11H,4-8H2,1-3H3,(H,20,21). The van der Waals surface area contributed by atoms with Gasteiger partial charge in [-0.2, -0.15) is 0 Å². The Morgan fingerprint density at radius 3 is 2.48 bits per heavy atom. The molecule has 1 aromatic heterocycles. The zero-order chi connectivity index (χ0) is 17.0. The summed E-state index contributed by atoms with van der Waals surface area (Å²) < 4.78 is 5.29. The SMILES string of the molecule is CCCCc1c(C(=O)O)c(=O)oc2cc(N(CC)CC)ccc12. The molecule has 1 heterocycles. The van der Waals surface area contributed by atoms with Crippen LogP contribution in [0.2, 0.25) is 0 Å². The summed E-state index contributed by atoms with van der Waals surface area (Å²) in [5.74, 6) is -1.22. The highest BCUT2D eigenvalue weighted by Crippen LogP contribution is 2.26. The lowest BCUT2D eigenvalue weighted by Gasteiger charge is -2.21. The lowest BCUT2D eigenvalue weighted by molar-refractivity contribution is 0.0691. The Morgan fingerprint density at radius 2 is 1.91 bits per heavy atom. The first-order chi connectivity index (χ1) is 11.0. The molecular weight excluding hydrogens is 294 g/mol. The molecule has 5 nitrogen and oxygen atoms in total. The maximum absolute atomic E-state index is 12.1. The highest BCUT2D eigenvalue weighted by Gasteiger charge is 2.20. The van der Waals surface area contributed by atoms with Crippen molar-refractivity contribution in [2.75, 3.05) is 18.0 Å². The van der Waals surface area contributed by atoms with Gasteiger partial charge in [0, 0.05) is 30.2 Å². The topological polar surface area (TPSA) is 70.7 Å². The van der Waals surface area contributed by atoms with E-state index < -0.39 is 11.6 Å². The molecule has 0 unspecified atom stereocenters. The highest BCUT2D eigenvalue weighted by molar-refractivity contribution is 5.95. The van der Waals surface area contributed by atoms with Crippen LogP contribution >= 0.6 is 0 Å². The van der Waals surface area contributed by atoms with Crippen molar-refractivity contribution in [2.24, 2.45) is 0 Å². The van der Waals surface area contributed by atoms with E-state index in [0.29, 0.717) is 23.0 Å². The second-order valence-corrected chi connectivity index (χ2v) is 5.50. The molecular formula is C18H23NO4. The quantitative estimate of drug-likeness (QED) is 0.789. The van der Waals surface area contributed by atoms with Crippen molar-refractivity contribution < 1.29 is 14.3 Å². The van der Waals surface area contributed by atoms with Gasteiger partial charge >= 0.3 is 11.6 Å².